The first-order chi connectivity index (χ1) is 8.00. The van der Waals surface area contributed by atoms with Crippen LogP contribution < -0.4 is 4.74 Å². The zero-order valence-corrected chi connectivity index (χ0v) is 11.8. The van der Waals surface area contributed by atoms with Gasteiger partial charge in [-0.05, 0) is 29.8 Å². The fourth-order valence-corrected chi connectivity index (χ4v) is 2.70. The number of nitrogens with zero attached hydrogens (tertiary/aromatic N) is 3. The third-order valence-electron chi connectivity index (χ3n) is 2.30. The minimum Gasteiger partial charge on any atom is -0.470 e. The van der Waals surface area contributed by atoms with Crippen LogP contribution in [0.2, 0.25) is 0 Å². The number of hydrogen-bond donors (Lipinski definition) is 0. The molecule has 0 radical (unpaired) electrons. The highest BCUT2D eigenvalue weighted by atomic mass is 79.9. The molecule has 94 valence electrons. The van der Waals surface area contributed by atoms with Crippen molar-refractivity contribution in [1.29, 1.82) is 0 Å². The molecule has 1 aromatic heterocycles. The van der Waals surface area contributed by atoms with Crippen LogP contribution in [0, 0.1) is 10.1 Å². The lowest BCUT2D eigenvalue weighted by Crippen LogP contribution is -2.25. The summed E-state index contributed by atoms with van der Waals surface area (Å²) in [6.07, 6.45) is -0.122. The summed E-state index contributed by atoms with van der Waals surface area (Å²) < 4.78 is 7.39. The summed E-state index contributed by atoms with van der Waals surface area (Å²) in [7, 11) is 0. The molecule has 1 aromatic rings. The quantitative estimate of drug-likeness (QED) is 0.629. The van der Waals surface area contributed by atoms with E-state index in [1.807, 2.05) is 13.8 Å². The fraction of sp³-hybridized carbons (Fsp3) is 0.667. The maximum Gasteiger partial charge on any atom is 0.364 e. The van der Waals surface area contributed by atoms with Crippen molar-refractivity contribution in [2.24, 2.45) is 0 Å². The van der Waals surface area contributed by atoms with Gasteiger partial charge in [0.1, 0.15) is 0 Å². The van der Waals surface area contributed by atoms with Crippen molar-refractivity contribution >= 4 is 33.4 Å². The zero-order valence-electron chi connectivity index (χ0n) is 9.42. The molecular weight excluding hydrogens is 310 g/mol. The zero-order chi connectivity index (χ0) is 12.6. The molecule has 2 heterocycles. The van der Waals surface area contributed by atoms with E-state index in [2.05, 4.69) is 21.0 Å². The van der Waals surface area contributed by atoms with E-state index in [4.69, 9.17) is 4.74 Å². The molecule has 1 aliphatic rings. The summed E-state index contributed by atoms with van der Waals surface area (Å²) in [5.41, 5.74) is -0.0874. The molecule has 0 unspecified atom stereocenters. The number of rotatable bonds is 4. The molecule has 0 saturated carbocycles. The first-order valence-corrected chi connectivity index (χ1v) is 7.12. The van der Waals surface area contributed by atoms with Crippen molar-refractivity contribution in [2.45, 2.75) is 26.0 Å². The molecule has 8 heteroatoms. The summed E-state index contributed by atoms with van der Waals surface area (Å²) in [5, 5.41) is 15.2. The average molecular weight is 322 g/mol. The second-order valence-electron chi connectivity index (χ2n) is 4.00. The summed E-state index contributed by atoms with van der Waals surface area (Å²) in [6, 6.07) is 0.193. The Hall–Kier alpha value is -0.760. The van der Waals surface area contributed by atoms with Crippen LogP contribution in [0.25, 0.3) is 0 Å². The van der Waals surface area contributed by atoms with Crippen LogP contribution >= 0.6 is 27.7 Å². The van der Waals surface area contributed by atoms with Gasteiger partial charge in [-0.1, -0.05) is 0 Å². The predicted molar refractivity (Wildman–Crippen MR) is 68.7 cm³/mol. The minimum absolute atomic E-state index is 0.0874. The monoisotopic (exact) mass is 321 g/mol. The van der Waals surface area contributed by atoms with Gasteiger partial charge in [0, 0.05) is 11.5 Å². The molecule has 6 nitrogen and oxygen atoms in total. The predicted octanol–water partition coefficient (Wildman–Crippen LogP) is 2.63. The summed E-state index contributed by atoms with van der Waals surface area (Å²) in [5.74, 6) is 2.08. The van der Waals surface area contributed by atoms with Gasteiger partial charge < -0.3 is 4.74 Å². The second-order valence-corrected chi connectivity index (χ2v) is 5.83. The summed E-state index contributed by atoms with van der Waals surface area (Å²) in [4.78, 5) is 10.5. The minimum atomic E-state index is -0.461. The number of ether oxygens (including phenoxy) is 1. The molecule has 1 aliphatic heterocycles. The van der Waals surface area contributed by atoms with E-state index in [0.29, 0.717) is 0 Å². The van der Waals surface area contributed by atoms with Gasteiger partial charge in [0.15, 0.2) is 0 Å². The van der Waals surface area contributed by atoms with Crippen LogP contribution in [0.4, 0.5) is 5.69 Å². The third kappa shape index (κ3) is 2.42. The topological polar surface area (TPSA) is 70.2 Å². The molecule has 0 aromatic carbocycles. The number of aromatic nitrogens is 2. The van der Waals surface area contributed by atoms with E-state index in [9.17, 15) is 10.1 Å². The normalized spacial score (nSPS) is 16.0. The second kappa shape index (κ2) is 4.85. The highest BCUT2D eigenvalue weighted by Crippen LogP contribution is 2.40. The van der Waals surface area contributed by atoms with Crippen molar-refractivity contribution in [3.05, 3.63) is 14.7 Å². The van der Waals surface area contributed by atoms with Crippen LogP contribution in [0.5, 0.6) is 5.88 Å². The lowest BCUT2D eigenvalue weighted by molar-refractivity contribution is -0.386. The van der Waals surface area contributed by atoms with Crippen LogP contribution in [0.3, 0.4) is 0 Å². The van der Waals surface area contributed by atoms with E-state index < -0.39 is 4.92 Å². The Morgan fingerprint density at radius 1 is 1.65 bits per heavy atom. The number of halogens is 1. The molecule has 2 rings (SSSR count). The molecule has 0 N–H and O–H groups in total. The SMILES string of the molecule is CC(C)Oc1c([N+](=O)[O-])c(Br)nn1C1CSC1. The number of hydrogen-bond acceptors (Lipinski definition) is 5. The van der Waals surface area contributed by atoms with Gasteiger partial charge in [0.2, 0.25) is 4.60 Å². The van der Waals surface area contributed by atoms with E-state index in [1.54, 1.807) is 16.4 Å². The summed E-state index contributed by atoms with van der Waals surface area (Å²) >= 11 is 4.91. The fourth-order valence-electron chi connectivity index (χ4n) is 1.48. The van der Waals surface area contributed by atoms with E-state index in [0.717, 1.165) is 11.5 Å². The average Bonchev–Trinajstić information content (AvgIpc) is 2.39. The lowest BCUT2D eigenvalue weighted by Gasteiger charge is -2.26. The smallest absolute Gasteiger partial charge is 0.364 e. The van der Waals surface area contributed by atoms with Gasteiger partial charge in [0.05, 0.1) is 17.1 Å². The van der Waals surface area contributed by atoms with Gasteiger partial charge in [0.25, 0.3) is 5.88 Å². The molecule has 0 atom stereocenters. The standard InChI is InChI=1S/C9H12BrN3O3S/c1-5(2)16-9-7(13(14)15)8(10)11-12(9)6-3-17-4-6/h5-6H,3-4H2,1-2H3. The van der Waals surface area contributed by atoms with Crippen molar-refractivity contribution < 1.29 is 9.66 Å². The van der Waals surface area contributed by atoms with E-state index in [-0.39, 0.29) is 28.3 Å². The van der Waals surface area contributed by atoms with Crippen molar-refractivity contribution in [3.63, 3.8) is 0 Å². The molecular formula is C9H12BrN3O3S. The maximum atomic E-state index is 11.0. The lowest BCUT2D eigenvalue weighted by atomic mass is 10.4. The van der Waals surface area contributed by atoms with Gasteiger partial charge in [-0.15, -0.1) is 0 Å². The Labute approximate surface area is 111 Å². The highest BCUT2D eigenvalue weighted by Gasteiger charge is 2.34. The Morgan fingerprint density at radius 2 is 2.29 bits per heavy atom. The maximum absolute atomic E-state index is 11.0. The van der Waals surface area contributed by atoms with Crippen LogP contribution in [-0.4, -0.2) is 32.3 Å². The van der Waals surface area contributed by atoms with Crippen molar-refractivity contribution in [2.75, 3.05) is 11.5 Å². The molecule has 0 bridgehead atoms. The number of nitro groups is 1. The molecule has 0 spiro atoms. The van der Waals surface area contributed by atoms with Gasteiger partial charge in [-0.2, -0.15) is 16.9 Å². The van der Waals surface area contributed by atoms with Crippen molar-refractivity contribution in [3.8, 4) is 5.88 Å². The molecule has 1 fully saturated rings. The molecule has 0 aliphatic carbocycles. The highest BCUT2D eigenvalue weighted by molar-refractivity contribution is 9.10. The molecule has 0 amide bonds. The largest absolute Gasteiger partial charge is 0.470 e. The van der Waals surface area contributed by atoms with Gasteiger partial charge in [-0.25, -0.2) is 4.68 Å². The third-order valence-corrected chi connectivity index (χ3v) is 4.07. The number of thioether (sulfide) groups is 1. The first kappa shape index (κ1) is 12.7. The Kier molecular flexibility index (Phi) is 3.62. The molecule has 1 saturated heterocycles. The first-order valence-electron chi connectivity index (χ1n) is 5.17. The van der Waals surface area contributed by atoms with Gasteiger partial charge in [-0.3, -0.25) is 10.1 Å². The molecule has 17 heavy (non-hydrogen) atoms. The van der Waals surface area contributed by atoms with Gasteiger partial charge >= 0.3 is 5.69 Å². The van der Waals surface area contributed by atoms with Crippen LogP contribution in [0.15, 0.2) is 4.60 Å². The van der Waals surface area contributed by atoms with Crippen LogP contribution in [0.1, 0.15) is 19.9 Å². The summed E-state index contributed by atoms with van der Waals surface area (Å²) in [6.45, 7) is 3.68. The van der Waals surface area contributed by atoms with E-state index >= 15 is 0 Å². The van der Waals surface area contributed by atoms with E-state index in [1.165, 1.54) is 0 Å². The van der Waals surface area contributed by atoms with Crippen molar-refractivity contribution in [1.82, 2.24) is 9.78 Å². The van der Waals surface area contributed by atoms with Crippen LogP contribution in [-0.2, 0) is 0 Å². The Balaban J connectivity index is 2.43. The Morgan fingerprint density at radius 3 is 2.71 bits per heavy atom. The Bertz CT molecular complexity index is 445.